The van der Waals surface area contributed by atoms with Gasteiger partial charge in [-0.25, -0.2) is 4.39 Å². The highest BCUT2D eigenvalue weighted by molar-refractivity contribution is 5.39. The minimum Gasteiger partial charge on any atom is -0.317 e. The summed E-state index contributed by atoms with van der Waals surface area (Å²) in [6.45, 7) is 10.9. The van der Waals surface area contributed by atoms with Gasteiger partial charge in [-0.3, -0.25) is 0 Å². The first-order valence-electron chi connectivity index (χ1n) is 6.41. The van der Waals surface area contributed by atoms with E-state index in [1.165, 1.54) is 6.07 Å². The molecule has 2 unspecified atom stereocenters. The average Bonchev–Trinajstić information content (AvgIpc) is 2.71. The summed E-state index contributed by atoms with van der Waals surface area (Å²) in [5.74, 6) is 0.449. The Labute approximate surface area is 103 Å². The Morgan fingerprint density at radius 1 is 1.29 bits per heavy atom. The molecular weight excluding hydrogens is 213 g/mol. The minimum absolute atomic E-state index is 0.0945. The van der Waals surface area contributed by atoms with Crippen molar-refractivity contribution in [3.63, 3.8) is 0 Å². The summed E-state index contributed by atoms with van der Waals surface area (Å²) < 4.78 is 13.3. The topological polar surface area (TPSA) is 12.0 Å². The summed E-state index contributed by atoms with van der Waals surface area (Å²) in [5, 5.41) is 3.41. The first-order chi connectivity index (χ1) is 7.94. The summed E-state index contributed by atoms with van der Waals surface area (Å²) in [7, 11) is 0. The van der Waals surface area contributed by atoms with Crippen LogP contribution in [0.4, 0.5) is 4.39 Å². The van der Waals surface area contributed by atoms with Gasteiger partial charge in [-0.15, -0.1) is 0 Å². The quantitative estimate of drug-likeness (QED) is 0.844. The molecule has 2 atom stereocenters. The molecule has 1 saturated carbocycles. The summed E-state index contributed by atoms with van der Waals surface area (Å²) in [4.78, 5) is 0. The molecule has 0 saturated heterocycles. The largest absolute Gasteiger partial charge is 0.317 e. The molecule has 1 nitrogen and oxygen atoms in total. The van der Waals surface area contributed by atoms with Gasteiger partial charge < -0.3 is 5.32 Å². The van der Waals surface area contributed by atoms with Crippen LogP contribution in [0.3, 0.4) is 0 Å². The van der Waals surface area contributed by atoms with Crippen molar-refractivity contribution < 1.29 is 4.39 Å². The van der Waals surface area contributed by atoms with Gasteiger partial charge in [-0.05, 0) is 42.1 Å². The lowest BCUT2D eigenvalue weighted by molar-refractivity contribution is 0.508. The predicted molar refractivity (Wildman–Crippen MR) is 69.6 cm³/mol. The van der Waals surface area contributed by atoms with E-state index in [0.717, 1.165) is 18.7 Å². The molecule has 1 aliphatic carbocycles. The predicted octanol–water partition coefficient (Wildman–Crippen LogP) is 3.35. The molecular formula is C15H22FN. The third kappa shape index (κ3) is 1.79. The lowest BCUT2D eigenvalue weighted by atomic mass is 9.89. The van der Waals surface area contributed by atoms with Crippen LogP contribution in [-0.2, 0) is 5.41 Å². The molecule has 0 spiro atoms. The van der Waals surface area contributed by atoms with Gasteiger partial charge in [0.25, 0.3) is 0 Å². The molecule has 1 N–H and O–H groups in total. The second kappa shape index (κ2) is 4.09. The highest BCUT2D eigenvalue weighted by Crippen LogP contribution is 2.68. The number of rotatable bonds is 4. The number of hydrogen-bond acceptors (Lipinski definition) is 1. The maximum atomic E-state index is 13.3. The van der Waals surface area contributed by atoms with Crippen LogP contribution in [0.1, 0.15) is 33.3 Å². The van der Waals surface area contributed by atoms with Crippen molar-refractivity contribution in [3.05, 3.63) is 35.6 Å². The van der Waals surface area contributed by atoms with Gasteiger partial charge in [0.15, 0.2) is 0 Å². The van der Waals surface area contributed by atoms with Crippen molar-refractivity contribution >= 4 is 0 Å². The molecule has 1 aliphatic rings. The third-order valence-electron chi connectivity index (χ3n) is 4.85. The van der Waals surface area contributed by atoms with E-state index in [1.807, 2.05) is 6.07 Å². The van der Waals surface area contributed by atoms with Crippen molar-refractivity contribution in [3.8, 4) is 0 Å². The van der Waals surface area contributed by atoms with E-state index in [9.17, 15) is 4.39 Å². The van der Waals surface area contributed by atoms with Crippen LogP contribution in [0.15, 0.2) is 24.3 Å². The molecule has 1 aromatic carbocycles. The maximum absolute atomic E-state index is 13.3. The Morgan fingerprint density at radius 3 is 2.59 bits per heavy atom. The zero-order valence-electron chi connectivity index (χ0n) is 11.2. The minimum atomic E-state index is -0.131. The Kier molecular flexibility index (Phi) is 3.03. The van der Waals surface area contributed by atoms with Crippen LogP contribution in [0, 0.1) is 17.2 Å². The van der Waals surface area contributed by atoms with Gasteiger partial charge in [-0.2, -0.15) is 0 Å². The fourth-order valence-corrected chi connectivity index (χ4v) is 3.23. The van der Waals surface area contributed by atoms with Crippen molar-refractivity contribution in [2.45, 2.75) is 33.1 Å². The van der Waals surface area contributed by atoms with E-state index >= 15 is 0 Å². The van der Waals surface area contributed by atoms with Crippen LogP contribution < -0.4 is 5.32 Å². The van der Waals surface area contributed by atoms with Crippen molar-refractivity contribution in [1.82, 2.24) is 5.32 Å². The van der Waals surface area contributed by atoms with E-state index in [2.05, 4.69) is 39.1 Å². The van der Waals surface area contributed by atoms with Gasteiger partial charge in [0.2, 0.25) is 0 Å². The maximum Gasteiger partial charge on any atom is 0.123 e. The van der Waals surface area contributed by atoms with Crippen LogP contribution in [0.25, 0.3) is 0 Å². The number of halogens is 1. The van der Waals surface area contributed by atoms with Crippen LogP contribution in [0.5, 0.6) is 0 Å². The average molecular weight is 235 g/mol. The summed E-state index contributed by atoms with van der Waals surface area (Å²) in [6, 6.07) is 7.07. The molecule has 0 aromatic heterocycles. The van der Waals surface area contributed by atoms with E-state index in [4.69, 9.17) is 0 Å². The van der Waals surface area contributed by atoms with Gasteiger partial charge in [0.1, 0.15) is 5.82 Å². The molecule has 17 heavy (non-hydrogen) atoms. The second-order valence-electron chi connectivity index (χ2n) is 5.79. The first kappa shape index (κ1) is 12.6. The monoisotopic (exact) mass is 235 g/mol. The first-order valence-corrected chi connectivity index (χ1v) is 6.41. The fourth-order valence-electron chi connectivity index (χ4n) is 3.23. The summed E-state index contributed by atoms with van der Waals surface area (Å²) >= 11 is 0. The molecule has 2 rings (SSSR count). The van der Waals surface area contributed by atoms with Gasteiger partial charge in [-0.1, -0.05) is 39.8 Å². The highest BCUT2D eigenvalue weighted by Gasteiger charge is 2.67. The molecule has 0 radical (unpaired) electrons. The van der Waals surface area contributed by atoms with Crippen LogP contribution >= 0.6 is 0 Å². The van der Waals surface area contributed by atoms with Crippen molar-refractivity contribution in [1.29, 1.82) is 0 Å². The molecule has 1 fully saturated rings. The van der Waals surface area contributed by atoms with E-state index in [-0.39, 0.29) is 16.6 Å². The number of nitrogens with one attached hydrogen (secondary N) is 1. The van der Waals surface area contributed by atoms with Crippen LogP contribution in [0.2, 0.25) is 0 Å². The zero-order chi connectivity index (χ0) is 12.7. The summed E-state index contributed by atoms with van der Waals surface area (Å²) in [6.07, 6.45) is 0. The van der Waals surface area contributed by atoms with Crippen LogP contribution in [-0.4, -0.2) is 13.1 Å². The van der Waals surface area contributed by atoms with Gasteiger partial charge in [0.05, 0.1) is 0 Å². The molecule has 94 valence electrons. The van der Waals surface area contributed by atoms with Gasteiger partial charge >= 0.3 is 0 Å². The van der Waals surface area contributed by atoms with E-state index in [1.54, 1.807) is 6.07 Å². The Balaban J connectivity index is 2.25. The molecule has 1 aromatic rings. The Bertz CT molecular complexity index is 413. The fraction of sp³-hybridized carbons (Fsp3) is 0.600. The molecule has 2 heteroatoms. The van der Waals surface area contributed by atoms with Gasteiger partial charge in [0, 0.05) is 5.41 Å². The SMILES string of the molecule is CCNCC1C(C)(C)C1(C)c1cccc(F)c1. The molecule has 0 aliphatic heterocycles. The number of hydrogen-bond donors (Lipinski definition) is 1. The standard InChI is InChI=1S/C15H22FN/c1-5-17-10-13-14(2,3)15(13,4)11-7-6-8-12(16)9-11/h6-9,13,17H,5,10H2,1-4H3. The lowest BCUT2D eigenvalue weighted by Crippen LogP contribution is -2.19. The third-order valence-corrected chi connectivity index (χ3v) is 4.85. The normalized spacial score (nSPS) is 30.3. The lowest BCUT2D eigenvalue weighted by Gasteiger charge is -2.15. The molecule has 0 bridgehead atoms. The number of benzene rings is 1. The van der Waals surface area contributed by atoms with Crippen molar-refractivity contribution in [2.75, 3.05) is 13.1 Å². The highest BCUT2D eigenvalue weighted by atomic mass is 19.1. The van der Waals surface area contributed by atoms with Crippen molar-refractivity contribution in [2.24, 2.45) is 11.3 Å². The Hall–Kier alpha value is -0.890. The summed E-state index contributed by atoms with van der Waals surface area (Å²) in [5.41, 5.74) is 1.46. The van der Waals surface area contributed by atoms with E-state index < -0.39 is 0 Å². The Morgan fingerprint density at radius 2 is 2.00 bits per heavy atom. The smallest absolute Gasteiger partial charge is 0.123 e. The second-order valence-corrected chi connectivity index (χ2v) is 5.79. The zero-order valence-corrected chi connectivity index (χ0v) is 11.2. The molecule has 0 amide bonds. The van der Waals surface area contributed by atoms with E-state index in [0.29, 0.717) is 5.92 Å². The molecule has 0 heterocycles.